The molecule has 0 N–H and O–H groups in total. The molecular weight excluding hydrogens is 364 g/mol. The second-order valence-corrected chi connectivity index (χ2v) is 9.71. The number of hydrogen-bond acceptors (Lipinski definition) is 4. The van der Waals surface area contributed by atoms with Gasteiger partial charge in [0.05, 0.1) is 22.7 Å². The van der Waals surface area contributed by atoms with Crippen LogP contribution in [0.2, 0.25) is 0 Å². The van der Waals surface area contributed by atoms with E-state index in [1.165, 1.54) is 5.56 Å². The molecule has 1 aromatic heterocycles. The second kappa shape index (κ2) is 6.80. The van der Waals surface area contributed by atoms with E-state index in [0.717, 1.165) is 5.69 Å². The normalized spacial score (nSPS) is 26.3. The predicted octanol–water partition coefficient (Wildman–Crippen LogP) is 1.73. The summed E-state index contributed by atoms with van der Waals surface area (Å²) in [4.78, 5) is 14.7. The summed E-state index contributed by atoms with van der Waals surface area (Å²) in [6.45, 7) is 3.33. The van der Waals surface area contributed by atoms with Gasteiger partial charge in [0, 0.05) is 44.6 Å². The first kappa shape index (κ1) is 18.3. The van der Waals surface area contributed by atoms with Crippen molar-refractivity contribution in [3.05, 3.63) is 59.4 Å². The molecule has 1 aromatic carbocycles. The Morgan fingerprint density at radius 2 is 1.93 bits per heavy atom. The molecule has 2 fully saturated rings. The van der Waals surface area contributed by atoms with Crippen LogP contribution in [0.3, 0.4) is 0 Å². The summed E-state index contributed by atoms with van der Waals surface area (Å²) in [6, 6.07) is 11.9. The van der Waals surface area contributed by atoms with Gasteiger partial charge in [-0.05, 0) is 18.6 Å². The van der Waals surface area contributed by atoms with Crippen LogP contribution in [0.25, 0.3) is 0 Å². The molecular formula is C20H24N2O4S. The van der Waals surface area contributed by atoms with Crippen LogP contribution in [-0.2, 0) is 21.1 Å². The van der Waals surface area contributed by atoms with Gasteiger partial charge in [-0.3, -0.25) is 4.79 Å². The summed E-state index contributed by atoms with van der Waals surface area (Å²) < 4.78 is 32.2. The van der Waals surface area contributed by atoms with Gasteiger partial charge in [-0.2, -0.15) is 0 Å². The number of likely N-dealkylation sites (tertiary alicyclic amines) is 1. The molecule has 0 saturated carbocycles. The van der Waals surface area contributed by atoms with Crippen molar-refractivity contribution in [1.29, 1.82) is 0 Å². The lowest BCUT2D eigenvalue weighted by molar-refractivity contribution is 0.0686. The van der Waals surface area contributed by atoms with Gasteiger partial charge in [-0.1, -0.05) is 30.3 Å². The fourth-order valence-corrected chi connectivity index (χ4v) is 6.61. The Labute approximate surface area is 159 Å². The molecule has 4 rings (SSSR count). The van der Waals surface area contributed by atoms with Crippen molar-refractivity contribution in [1.82, 2.24) is 9.47 Å². The number of hydrogen-bond donors (Lipinski definition) is 0. The third-order valence-corrected chi connectivity index (χ3v) is 8.12. The summed E-state index contributed by atoms with van der Waals surface area (Å²) in [6.07, 6.45) is 1.60. The molecule has 2 aliphatic rings. The van der Waals surface area contributed by atoms with E-state index in [0.29, 0.717) is 18.7 Å². The number of carbonyl (C=O) groups is 1. The first-order chi connectivity index (χ1) is 12.9. The highest BCUT2D eigenvalue weighted by molar-refractivity contribution is 7.92. The maximum Gasteiger partial charge on any atom is 0.255 e. The third kappa shape index (κ3) is 3.19. The van der Waals surface area contributed by atoms with E-state index in [2.05, 4.69) is 12.1 Å². The summed E-state index contributed by atoms with van der Waals surface area (Å²) >= 11 is 0. The van der Waals surface area contributed by atoms with Crippen molar-refractivity contribution >= 4 is 15.7 Å². The molecule has 0 radical (unpaired) electrons. The van der Waals surface area contributed by atoms with E-state index in [1.54, 1.807) is 12.0 Å². The molecule has 27 heavy (non-hydrogen) atoms. The van der Waals surface area contributed by atoms with Crippen molar-refractivity contribution < 1.29 is 17.9 Å². The van der Waals surface area contributed by atoms with E-state index in [4.69, 9.17) is 4.74 Å². The zero-order valence-electron chi connectivity index (χ0n) is 15.5. The number of aromatic nitrogens is 1. The maximum atomic E-state index is 13.0. The lowest BCUT2D eigenvalue weighted by atomic mass is 10.0. The van der Waals surface area contributed by atoms with Crippen LogP contribution in [0.4, 0.5) is 0 Å². The topological polar surface area (TPSA) is 68.6 Å². The van der Waals surface area contributed by atoms with Crippen LogP contribution in [0.5, 0.6) is 0 Å². The molecule has 0 bridgehead atoms. The van der Waals surface area contributed by atoms with Gasteiger partial charge in [0.2, 0.25) is 0 Å². The Bertz CT molecular complexity index is 952. The SMILES string of the molecule is CO[C@@H]1CS(=O)(=O)[C@H]2CN(C(=O)c3ccn(Cc4ccccc4)c3C)C[C@@H]12. The van der Waals surface area contributed by atoms with Crippen LogP contribution in [0, 0.1) is 12.8 Å². The maximum absolute atomic E-state index is 13.0. The summed E-state index contributed by atoms with van der Waals surface area (Å²) in [5, 5.41) is -0.502. The second-order valence-electron chi connectivity index (χ2n) is 7.44. The number of methoxy groups -OCH3 is 1. The number of benzene rings is 1. The zero-order valence-corrected chi connectivity index (χ0v) is 16.4. The number of amides is 1. The van der Waals surface area contributed by atoms with E-state index in [-0.39, 0.29) is 30.2 Å². The highest BCUT2D eigenvalue weighted by Crippen LogP contribution is 2.36. The monoisotopic (exact) mass is 388 g/mol. The summed E-state index contributed by atoms with van der Waals surface area (Å²) in [7, 11) is -1.66. The van der Waals surface area contributed by atoms with Crippen molar-refractivity contribution in [2.24, 2.45) is 5.92 Å². The Kier molecular flexibility index (Phi) is 4.60. The highest BCUT2D eigenvalue weighted by atomic mass is 32.2. The minimum absolute atomic E-state index is 0.0628. The quantitative estimate of drug-likeness (QED) is 0.800. The molecule has 7 heteroatoms. The van der Waals surface area contributed by atoms with Crippen molar-refractivity contribution in [3.63, 3.8) is 0 Å². The number of sulfone groups is 1. The average molecular weight is 388 g/mol. The van der Waals surface area contributed by atoms with Crippen molar-refractivity contribution in [2.75, 3.05) is 26.0 Å². The molecule has 144 valence electrons. The van der Waals surface area contributed by atoms with E-state index in [9.17, 15) is 13.2 Å². The number of fused-ring (bicyclic) bond motifs is 1. The average Bonchev–Trinajstić information content (AvgIpc) is 3.31. The Balaban J connectivity index is 1.53. The van der Waals surface area contributed by atoms with Gasteiger partial charge in [0.1, 0.15) is 0 Å². The van der Waals surface area contributed by atoms with Gasteiger partial charge in [-0.15, -0.1) is 0 Å². The van der Waals surface area contributed by atoms with Gasteiger partial charge in [0.25, 0.3) is 5.91 Å². The molecule has 6 nitrogen and oxygen atoms in total. The number of rotatable bonds is 4. The fourth-order valence-electron chi connectivity index (χ4n) is 4.32. The number of ether oxygens (including phenoxy) is 1. The molecule has 2 aromatic rings. The van der Waals surface area contributed by atoms with Gasteiger partial charge in [-0.25, -0.2) is 8.42 Å². The standard InChI is InChI=1S/C20H24N2O4S/c1-14-16(8-9-21(14)10-15-6-4-3-5-7-15)20(23)22-11-17-18(26-2)13-27(24,25)19(17)12-22/h3-9,17-19H,10-13H2,1-2H3/t17-,18+,19-/m0/s1. The van der Waals surface area contributed by atoms with Crippen LogP contribution in [0.15, 0.2) is 42.6 Å². The van der Waals surface area contributed by atoms with Gasteiger partial charge >= 0.3 is 0 Å². The molecule has 3 atom stereocenters. The van der Waals surface area contributed by atoms with Crippen LogP contribution in [-0.4, -0.2) is 61.1 Å². The van der Waals surface area contributed by atoms with Crippen LogP contribution >= 0.6 is 0 Å². The first-order valence-corrected chi connectivity index (χ1v) is 10.9. The van der Waals surface area contributed by atoms with Crippen LogP contribution in [0.1, 0.15) is 21.6 Å². The lowest BCUT2D eigenvalue weighted by Crippen LogP contribution is -2.33. The lowest BCUT2D eigenvalue weighted by Gasteiger charge is -2.19. The van der Waals surface area contributed by atoms with Crippen LogP contribution < -0.4 is 0 Å². The molecule has 1 amide bonds. The Morgan fingerprint density at radius 1 is 1.19 bits per heavy atom. The Hall–Kier alpha value is -2.12. The van der Waals surface area contributed by atoms with Gasteiger partial charge < -0.3 is 14.2 Å². The van der Waals surface area contributed by atoms with E-state index in [1.807, 2.05) is 42.0 Å². The number of nitrogens with zero attached hydrogens (tertiary/aromatic N) is 2. The molecule has 2 saturated heterocycles. The highest BCUT2D eigenvalue weighted by Gasteiger charge is 2.53. The van der Waals surface area contributed by atoms with E-state index >= 15 is 0 Å². The largest absolute Gasteiger partial charge is 0.380 e. The molecule has 0 spiro atoms. The predicted molar refractivity (Wildman–Crippen MR) is 102 cm³/mol. The first-order valence-electron chi connectivity index (χ1n) is 9.14. The minimum atomic E-state index is -3.20. The molecule has 3 heterocycles. The third-order valence-electron chi connectivity index (χ3n) is 5.90. The summed E-state index contributed by atoms with van der Waals surface area (Å²) in [5.41, 5.74) is 2.70. The number of carbonyl (C=O) groups excluding carboxylic acids is 1. The van der Waals surface area contributed by atoms with Crippen molar-refractivity contribution in [2.45, 2.75) is 24.8 Å². The van der Waals surface area contributed by atoms with Gasteiger partial charge in [0.15, 0.2) is 9.84 Å². The molecule has 0 aliphatic carbocycles. The van der Waals surface area contributed by atoms with Crippen molar-refractivity contribution in [3.8, 4) is 0 Å². The fraction of sp³-hybridized carbons (Fsp3) is 0.450. The summed E-state index contributed by atoms with van der Waals surface area (Å²) in [5.74, 6) is -0.165. The molecule has 0 unspecified atom stereocenters. The zero-order chi connectivity index (χ0) is 19.2. The molecule has 2 aliphatic heterocycles. The minimum Gasteiger partial charge on any atom is -0.380 e. The van der Waals surface area contributed by atoms with E-state index < -0.39 is 15.1 Å². The smallest absolute Gasteiger partial charge is 0.255 e. The Morgan fingerprint density at radius 3 is 2.63 bits per heavy atom.